The van der Waals surface area contributed by atoms with Crippen LogP contribution in [0.1, 0.15) is 5.56 Å². The largest absolute Gasteiger partial charge is 0.353 e. The Morgan fingerprint density at radius 3 is 2.04 bits per heavy atom. The van der Waals surface area contributed by atoms with E-state index in [1.54, 1.807) is 0 Å². The number of aromatic amines is 1. The lowest BCUT2D eigenvalue weighted by atomic mass is 9.98. The van der Waals surface area contributed by atoms with Crippen molar-refractivity contribution in [2.75, 3.05) is 0 Å². The average Bonchev–Trinajstić information content (AvgIpc) is 2.96. The maximum absolute atomic E-state index is 3.67. The predicted molar refractivity (Wildman–Crippen MR) is 107 cm³/mol. The average molecular weight is 409 g/mol. The first-order valence-electron chi connectivity index (χ1n) is 7.67. The number of hydrogen-bond donors (Lipinski definition) is 1. The number of halogens is 1. The summed E-state index contributed by atoms with van der Waals surface area (Å²) in [5.74, 6) is 0. The van der Waals surface area contributed by atoms with Crippen LogP contribution < -0.4 is 0 Å². The Bertz CT molecular complexity index is 969. The lowest BCUT2D eigenvalue weighted by molar-refractivity contribution is 1.42. The van der Waals surface area contributed by atoms with Gasteiger partial charge in [-0.25, -0.2) is 0 Å². The van der Waals surface area contributed by atoms with Crippen LogP contribution in [0.25, 0.3) is 33.3 Å². The van der Waals surface area contributed by atoms with Crippen molar-refractivity contribution >= 4 is 33.5 Å². The van der Waals surface area contributed by atoms with Gasteiger partial charge in [0.05, 0.1) is 11.2 Å². The lowest BCUT2D eigenvalue weighted by Crippen LogP contribution is -1.82. The van der Waals surface area contributed by atoms with Gasteiger partial charge in [-0.15, -0.1) is 0 Å². The molecule has 0 bridgehead atoms. The summed E-state index contributed by atoms with van der Waals surface area (Å²) in [7, 11) is 0. The van der Waals surface area contributed by atoms with E-state index >= 15 is 0 Å². The van der Waals surface area contributed by atoms with E-state index in [1.165, 1.54) is 42.4 Å². The molecule has 4 aromatic rings. The van der Waals surface area contributed by atoms with E-state index < -0.39 is 0 Å². The maximum Gasteiger partial charge on any atom is 0.0601 e. The van der Waals surface area contributed by atoms with Crippen molar-refractivity contribution < 1.29 is 0 Å². The van der Waals surface area contributed by atoms with E-state index in [2.05, 4.69) is 107 Å². The highest BCUT2D eigenvalue weighted by Gasteiger charge is 2.16. The SMILES string of the molecule is Cc1cc(I)c2[nH]c(-c3ccccc3)c(-c3ccccc3)c2c1. The van der Waals surface area contributed by atoms with E-state index in [0.29, 0.717) is 0 Å². The molecule has 0 aliphatic rings. The summed E-state index contributed by atoms with van der Waals surface area (Å²) in [6.45, 7) is 2.16. The van der Waals surface area contributed by atoms with Gasteiger partial charge in [0, 0.05) is 14.5 Å². The molecule has 0 amide bonds. The molecule has 23 heavy (non-hydrogen) atoms. The van der Waals surface area contributed by atoms with Gasteiger partial charge in [0.15, 0.2) is 0 Å². The summed E-state index contributed by atoms with van der Waals surface area (Å²) in [6.07, 6.45) is 0. The Balaban J connectivity index is 2.12. The molecule has 1 heterocycles. The van der Waals surface area contributed by atoms with Crippen LogP contribution in [0.15, 0.2) is 72.8 Å². The second kappa shape index (κ2) is 5.85. The summed E-state index contributed by atoms with van der Waals surface area (Å²) < 4.78 is 1.26. The highest BCUT2D eigenvalue weighted by molar-refractivity contribution is 14.1. The van der Waals surface area contributed by atoms with Crippen LogP contribution in [0.4, 0.5) is 0 Å². The van der Waals surface area contributed by atoms with Crippen LogP contribution in [-0.2, 0) is 0 Å². The van der Waals surface area contributed by atoms with E-state index in [-0.39, 0.29) is 0 Å². The Morgan fingerprint density at radius 2 is 1.39 bits per heavy atom. The standard InChI is InChI=1S/C21H16IN/c1-14-12-17-19(15-8-4-2-5-9-15)20(16-10-6-3-7-11-16)23-21(17)18(22)13-14/h2-13,23H,1H3. The van der Waals surface area contributed by atoms with E-state index in [0.717, 1.165) is 0 Å². The fourth-order valence-corrected chi connectivity index (χ4v) is 4.03. The van der Waals surface area contributed by atoms with Gasteiger partial charge >= 0.3 is 0 Å². The highest BCUT2D eigenvalue weighted by Crippen LogP contribution is 2.39. The van der Waals surface area contributed by atoms with Gasteiger partial charge in [-0.05, 0) is 58.3 Å². The summed E-state index contributed by atoms with van der Waals surface area (Å²) >= 11 is 2.42. The predicted octanol–water partition coefficient (Wildman–Crippen LogP) is 6.41. The minimum atomic E-state index is 1.19. The van der Waals surface area contributed by atoms with Gasteiger partial charge in [-0.3, -0.25) is 0 Å². The van der Waals surface area contributed by atoms with Crippen molar-refractivity contribution in [1.82, 2.24) is 4.98 Å². The fraction of sp³-hybridized carbons (Fsp3) is 0.0476. The number of hydrogen-bond acceptors (Lipinski definition) is 0. The molecule has 3 aromatic carbocycles. The molecule has 1 aromatic heterocycles. The molecule has 0 radical (unpaired) electrons. The summed E-state index contributed by atoms with van der Waals surface area (Å²) in [4.78, 5) is 3.67. The number of benzene rings is 3. The van der Waals surface area contributed by atoms with Gasteiger partial charge < -0.3 is 4.98 Å². The normalized spacial score (nSPS) is 11.0. The molecule has 112 valence electrons. The molecule has 4 rings (SSSR count). The first-order valence-corrected chi connectivity index (χ1v) is 8.74. The molecule has 0 aliphatic heterocycles. The van der Waals surface area contributed by atoms with Crippen LogP contribution >= 0.6 is 22.6 Å². The summed E-state index contributed by atoms with van der Waals surface area (Å²) in [6, 6.07) is 25.7. The Labute approximate surface area is 149 Å². The molecule has 2 heteroatoms. The number of H-pyrrole nitrogens is 1. The minimum Gasteiger partial charge on any atom is -0.353 e. The van der Waals surface area contributed by atoms with Crippen LogP contribution in [0.5, 0.6) is 0 Å². The quantitative estimate of drug-likeness (QED) is 0.368. The molecule has 0 spiro atoms. The first kappa shape index (κ1) is 14.5. The van der Waals surface area contributed by atoms with E-state index in [1.807, 2.05) is 0 Å². The molecule has 1 N–H and O–H groups in total. The molecular weight excluding hydrogens is 393 g/mol. The van der Waals surface area contributed by atoms with Gasteiger partial charge in [0.1, 0.15) is 0 Å². The molecule has 0 fully saturated rings. The number of aryl methyl sites for hydroxylation is 1. The van der Waals surface area contributed by atoms with Gasteiger partial charge in [0.25, 0.3) is 0 Å². The zero-order chi connectivity index (χ0) is 15.8. The van der Waals surface area contributed by atoms with Crippen molar-refractivity contribution in [2.24, 2.45) is 0 Å². The molecule has 0 atom stereocenters. The fourth-order valence-electron chi connectivity index (χ4n) is 3.11. The maximum atomic E-state index is 3.67. The van der Waals surface area contributed by atoms with Crippen molar-refractivity contribution in [2.45, 2.75) is 6.92 Å². The van der Waals surface area contributed by atoms with Crippen molar-refractivity contribution in [3.8, 4) is 22.4 Å². The van der Waals surface area contributed by atoms with Crippen LogP contribution in [0.3, 0.4) is 0 Å². The zero-order valence-corrected chi connectivity index (χ0v) is 15.0. The smallest absolute Gasteiger partial charge is 0.0601 e. The number of aromatic nitrogens is 1. The molecule has 0 saturated heterocycles. The molecule has 0 unspecified atom stereocenters. The number of nitrogens with one attached hydrogen (secondary N) is 1. The van der Waals surface area contributed by atoms with Gasteiger partial charge in [-0.1, -0.05) is 60.7 Å². The third-order valence-corrected chi connectivity index (χ3v) is 4.98. The molecule has 1 nitrogen and oxygen atoms in total. The van der Waals surface area contributed by atoms with Crippen LogP contribution in [0.2, 0.25) is 0 Å². The third-order valence-electron chi connectivity index (χ3n) is 4.13. The van der Waals surface area contributed by atoms with E-state index in [9.17, 15) is 0 Å². The van der Waals surface area contributed by atoms with Crippen LogP contribution in [-0.4, -0.2) is 4.98 Å². The van der Waals surface area contributed by atoms with Gasteiger partial charge in [-0.2, -0.15) is 0 Å². The summed E-state index contributed by atoms with van der Waals surface area (Å²) in [5, 5.41) is 1.29. The summed E-state index contributed by atoms with van der Waals surface area (Å²) in [5.41, 5.74) is 7.45. The van der Waals surface area contributed by atoms with Crippen molar-refractivity contribution in [3.05, 3.63) is 81.9 Å². The second-order valence-electron chi connectivity index (χ2n) is 5.78. The Kier molecular flexibility index (Phi) is 3.69. The minimum absolute atomic E-state index is 1.19. The van der Waals surface area contributed by atoms with Crippen molar-refractivity contribution in [1.29, 1.82) is 0 Å². The third kappa shape index (κ3) is 2.57. The van der Waals surface area contributed by atoms with E-state index in [4.69, 9.17) is 0 Å². The van der Waals surface area contributed by atoms with Crippen molar-refractivity contribution in [3.63, 3.8) is 0 Å². The molecule has 0 saturated carbocycles. The zero-order valence-electron chi connectivity index (χ0n) is 12.8. The number of rotatable bonds is 2. The monoisotopic (exact) mass is 409 g/mol. The van der Waals surface area contributed by atoms with Gasteiger partial charge in [0.2, 0.25) is 0 Å². The lowest BCUT2D eigenvalue weighted by Gasteiger charge is -2.06. The Morgan fingerprint density at radius 1 is 0.783 bits per heavy atom. The molecule has 0 aliphatic carbocycles. The number of fused-ring (bicyclic) bond motifs is 1. The Hall–Kier alpha value is -2.07. The second-order valence-corrected chi connectivity index (χ2v) is 6.94. The van der Waals surface area contributed by atoms with Crippen LogP contribution in [0, 0.1) is 10.5 Å². The topological polar surface area (TPSA) is 15.8 Å². The first-order chi connectivity index (χ1) is 11.2. The molecular formula is C21H16IN. The highest BCUT2D eigenvalue weighted by atomic mass is 127.